The van der Waals surface area contributed by atoms with Crippen LogP contribution in [0.25, 0.3) is 0 Å². The average Bonchev–Trinajstić information content (AvgIpc) is 2.67. The molecule has 0 radical (unpaired) electrons. The fourth-order valence-electron chi connectivity index (χ4n) is 3.61. The zero-order valence-corrected chi connectivity index (χ0v) is 15.0. The molecule has 0 heteroatoms. The third kappa shape index (κ3) is 4.30. The molecule has 1 aliphatic rings. The Hall–Kier alpha value is -2.00. The SMILES string of the molecule is CCc1ccc(C#C[C@H]2CC[C@H](c3ccc(CC)cc3)CC2)cc1. The first kappa shape index (κ1) is 16.8. The highest BCUT2D eigenvalue weighted by atomic mass is 14.2. The summed E-state index contributed by atoms with van der Waals surface area (Å²) in [7, 11) is 0. The van der Waals surface area contributed by atoms with E-state index in [2.05, 4.69) is 74.2 Å². The van der Waals surface area contributed by atoms with E-state index in [-0.39, 0.29) is 0 Å². The van der Waals surface area contributed by atoms with Gasteiger partial charge in [-0.3, -0.25) is 0 Å². The smallest absolute Gasteiger partial charge is 0.0245 e. The quantitative estimate of drug-likeness (QED) is 0.597. The van der Waals surface area contributed by atoms with Crippen LogP contribution in [0.1, 0.15) is 67.7 Å². The van der Waals surface area contributed by atoms with Crippen molar-refractivity contribution in [1.82, 2.24) is 0 Å². The minimum absolute atomic E-state index is 0.571. The fraction of sp³-hybridized carbons (Fsp3) is 0.417. The number of rotatable bonds is 3. The largest absolute Gasteiger partial charge is 0.0945 e. The van der Waals surface area contributed by atoms with E-state index in [0.29, 0.717) is 5.92 Å². The van der Waals surface area contributed by atoms with Crippen molar-refractivity contribution in [3.63, 3.8) is 0 Å². The molecule has 2 aromatic rings. The van der Waals surface area contributed by atoms with Gasteiger partial charge in [0, 0.05) is 11.5 Å². The summed E-state index contributed by atoms with van der Waals surface area (Å²) in [6.45, 7) is 4.41. The molecule has 0 aliphatic heterocycles. The Morgan fingerprint density at radius 3 is 1.83 bits per heavy atom. The van der Waals surface area contributed by atoms with Gasteiger partial charge in [-0.25, -0.2) is 0 Å². The lowest BCUT2D eigenvalue weighted by atomic mass is 9.79. The lowest BCUT2D eigenvalue weighted by molar-refractivity contribution is 0.384. The number of hydrogen-bond donors (Lipinski definition) is 0. The van der Waals surface area contributed by atoms with E-state index in [1.165, 1.54) is 42.4 Å². The molecule has 0 N–H and O–H groups in total. The Morgan fingerprint density at radius 1 is 0.750 bits per heavy atom. The minimum Gasteiger partial charge on any atom is -0.0945 e. The summed E-state index contributed by atoms with van der Waals surface area (Å²) < 4.78 is 0. The van der Waals surface area contributed by atoms with Gasteiger partial charge >= 0.3 is 0 Å². The maximum absolute atomic E-state index is 3.52. The van der Waals surface area contributed by atoms with E-state index in [1.807, 2.05) is 0 Å². The molecule has 0 bridgehead atoms. The van der Waals surface area contributed by atoms with Gasteiger partial charge in [-0.1, -0.05) is 62.1 Å². The molecule has 124 valence electrons. The molecule has 0 aromatic heterocycles. The van der Waals surface area contributed by atoms with Gasteiger partial charge in [-0.2, -0.15) is 0 Å². The van der Waals surface area contributed by atoms with Crippen LogP contribution in [0.2, 0.25) is 0 Å². The van der Waals surface area contributed by atoms with Gasteiger partial charge < -0.3 is 0 Å². The highest BCUT2D eigenvalue weighted by molar-refractivity contribution is 5.36. The standard InChI is InChI=1S/C24H28/c1-3-19-5-7-21(8-6-19)9-10-22-13-17-24(18-14-22)23-15-11-20(4-2)12-16-23/h5-8,11-12,15-16,22,24H,3-4,13-14,17-18H2,1-2H3/t22-,24-. The zero-order valence-electron chi connectivity index (χ0n) is 15.0. The highest BCUT2D eigenvalue weighted by Crippen LogP contribution is 2.35. The van der Waals surface area contributed by atoms with Crippen LogP contribution in [0.5, 0.6) is 0 Å². The molecule has 1 fully saturated rings. The zero-order chi connectivity index (χ0) is 16.8. The molecule has 0 unspecified atom stereocenters. The molecule has 0 spiro atoms. The Morgan fingerprint density at radius 2 is 1.29 bits per heavy atom. The second-order valence-corrected chi connectivity index (χ2v) is 6.96. The summed E-state index contributed by atoms with van der Waals surface area (Å²) in [6, 6.07) is 18.0. The Kier molecular flexibility index (Phi) is 5.76. The van der Waals surface area contributed by atoms with Crippen molar-refractivity contribution in [1.29, 1.82) is 0 Å². The predicted molar refractivity (Wildman–Crippen MR) is 103 cm³/mol. The van der Waals surface area contributed by atoms with Gasteiger partial charge in [0.1, 0.15) is 0 Å². The summed E-state index contributed by atoms with van der Waals surface area (Å²) in [6.07, 6.45) is 7.25. The number of hydrogen-bond acceptors (Lipinski definition) is 0. The lowest BCUT2D eigenvalue weighted by Crippen LogP contribution is -2.12. The molecular formula is C24H28. The monoisotopic (exact) mass is 316 g/mol. The van der Waals surface area contributed by atoms with Gasteiger partial charge in [0.2, 0.25) is 0 Å². The van der Waals surface area contributed by atoms with Gasteiger partial charge in [-0.15, -0.1) is 0 Å². The fourth-order valence-corrected chi connectivity index (χ4v) is 3.61. The molecule has 0 saturated heterocycles. The van der Waals surface area contributed by atoms with Crippen molar-refractivity contribution in [2.75, 3.05) is 0 Å². The van der Waals surface area contributed by atoms with Crippen LogP contribution < -0.4 is 0 Å². The molecule has 1 saturated carbocycles. The van der Waals surface area contributed by atoms with Crippen molar-refractivity contribution < 1.29 is 0 Å². The Labute approximate surface area is 147 Å². The van der Waals surface area contributed by atoms with Crippen LogP contribution in [-0.2, 0) is 12.8 Å². The van der Waals surface area contributed by atoms with Crippen LogP contribution in [0, 0.1) is 17.8 Å². The molecule has 24 heavy (non-hydrogen) atoms. The second-order valence-electron chi connectivity index (χ2n) is 6.96. The van der Waals surface area contributed by atoms with Gasteiger partial charge in [0.25, 0.3) is 0 Å². The highest BCUT2D eigenvalue weighted by Gasteiger charge is 2.21. The van der Waals surface area contributed by atoms with Crippen molar-refractivity contribution in [2.45, 2.75) is 58.3 Å². The van der Waals surface area contributed by atoms with E-state index < -0.39 is 0 Å². The summed E-state index contributed by atoms with van der Waals surface area (Å²) in [5.41, 5.74) is 5.50. The maximum Gasteiger partial charge on any atom is 0.0245 e. The lowest BCUT2D eigenvalue weighted by Gasteiger charge is -2.26. The van der Waals surface area contributed by atoms with E-state index >= 15 is 0 Å². The van der Waals surface area contributed by atoms with Crippen LogP contribution in [0.15, 0.2) is 48.5 Å². The van der Waals surface area contributed by atoms with Crippen LogP contribution in [-0.4, -0.2) is 0 Å². The number of aryl methyl sites for hydroxylation is 2. The van der Waals surface area contributed by atoms with Crippen LogP contribution in [0.4, 0.5) is 0 Å². The van der Waals surface area contributed by atoms with E-state index in [9.17, 15) is 0 Å². The first-order chi connectivity index (χ1) is 11.8. The van der Waals surface area contributed by atoms with Crippen LogP contribution in [0.3, 0.4) is 0 Å². The van der Waals surface area contributed by atoms with E-state index in [1.54, 1.807) is 0 Å². The topological polar surface area (TPSA) is 0 Å². The summed E-state index contributed by atoms with van der Waals surface area (Å²) in [5, 5.41) is 0. The third-order valence-corrected chi connectivity index (χ3v) is 5.37. The number of benzene rings is 2. The third-order valence-electron chi connectivity index (χ3n) is 5.37. The molecule has 0 amide bonds. The van der Waals surface area contributed by atoms with Gasteiger partial charge in [0.05, 0.1) is 0 Å². The van der Waals surface area contributed by atoms with Crippen molar-refractivity contribution in [3.8, 4) is 11.8 Å². The summed E-state index contributed by atoms with van der Waals surface area (Å²) in [5.74, 6) is 8.21. The molecule has 1 aliphatic carbocycles. The van der Waals surface area contributed by atoms with Gasteiger partial charge in [0.15, 0.2) is 0 Å². The van der Waals surface area contributed by atoms with Crippen molar-refractivity contribution in [3.05, 3.63) is 70.8 Å². The van der Waals surface area contributed by atoms with Crippen molar-refractivity contribution >= 4 is 0 Å². The van der Waals surface area contributed by atoms with Crippen molar-refractivity contribution in [2.24, 2.45) is 5.92 Å². The minimum atomic E-state index is 0.571. The molecule has 0 atom stereocenters. The molecule has 0 heterocycles. The van der Waals surface area contributed by atoms with Gasteiger partial charge in [-0.05, 0) is 73.3 Å². The molecule has 2 aromatic carbocycles. The second kappa shape index (κ2) is 8.20. The molecular weight excluding hydrogens is 288 g/mol. The predicted octanol–water partition coefficient (Wildman–Crippen LogP) is 6.14. The van der Waals surface area contributed by atoms with E-state index in [0.717, 1.165) is 24.3 Å². The maximum atomic E-state index is 3.52. The Bertz CT molecular complexity index is 686. The molecule has 0 nitrogen and oxygen atoms in total. The molecule has 3 rings (SSSR count). The average molecular weight is 316 g/mol. The summed E-state index contributed by atoms with van der Waals surface area (Å²) in [4.78, 5) is 0. The first-order valence-corrected chi connectivity index (χ1v) is 9.47. The van der Waals surface area contributed by atoms with Crippen LogP contribution >= 0.6 is 0 Å². The first-order valence-electron chi connectivity index (χ1n) is 9.47. The van der Waals surface area contributed by atoms with E-state index in [4.69, 9.17) is 0 Å². The summed E-state index contributed by atoms with van der Waals surface area (Å²) >= 11 is 0. The normalized spacial score (nSPS) is 20.2. The Balaban J connectivity index is 1.55.